The summed E-state index contributed by atoms with van der Waals surface area (Å²) in [5.41, 5.74) is -0.743. The predicted molar refractivity (Wildman–Crippen MR) is 102 cm³/mol. The van der Waals surface area contributed by atoms with E-state index in [4.69, 9.17) is 19.5 Å². The molecule has 0 bridgehead atoms. The molecule has 0 aromatic heterocycles. The van der Waals surface area contributed by atoms with Crippen LogP contribution in [0.1, 0.15) is 47.0 Å². The summed E-state index contributed by atoms with van der Waals surface area (Å²) in [6.07, 6.45) is 4.37. The second-order valence-corrected chi connectivity index (χ2v) is 5.85. The quantitative estimate of drug-likeness (QED) is 0.719. The predicted octanol–water partition coefficient (Wildman–Crippen LogP) is 3.78. The molecule has 0 saturated carbocycles. The smallest absolute Gasteiger partial charge is 0.212 e. The molecule has 0 fully saturated rings. The number of ether oxygens (including phenoxy) is 2. The van der Waals surface area contributed by atoms with E-state index in [1.165, 1.54) is 6.08 Å². The molecule has 24 heavy (non-hydrogen) atoms. The summed E-state index contributed by atoms with van der Waals surface area (Å²) in [5, 5.41) is 10.1. The van der Waals surface area contributed by atoms with Crippen LogP contribution in [0.4, 0.5) is 0 Å². The number of aliphatic imine (C=N–C) groups is 2. The first-order chi connectivity index (χ1) is 11.4. The van der Waals surface area contributed by atoms with Crippen LogP contribution in [0, 0.1) is 5.92 Å². The summed E-state index contributed by atoms with van der Waals surface area (Å²) in [4.78, 5) is 9.50. The molecule has 5 nitrogen and oxygen atoms in total. The fraction of sp³-hybridized carbons (Fsp3) is 0.684. The van der Waals surface area contributed by atoms with Crippen LogP contribution < -0.4 is 0 Å². The Hall–Kier alpha value is -1.62. The molecule has 0 amide bonds. The number of hydrogen-bond donors (Lipinski definition) is 1. The average Bonchev–Trinajstić information content (AvgIpc) is 2.60. The summed E-state index contributed by atoms with van der Waals surface area (Å²) in [5.74, 6) is 1.36. The molecule has 0 radical (unpaired) electrons. The highest BCUT2D eigenvalue weighted by molar-refractivity contribution is 5.97. The SMILES string of the molecule is C=CCC[C@@]1(CC(O)C=C)N=C(OC)C(C(C)C)N=C1OC.CC. The summed E-state index contributed by atoms with van der Waals surface area (Å²) >= 11 is 0. The Labute approximate surface area is 147 Å². The van der Waals surface area contributed by atoms with Gasteiger partial charge in [0.2, 0.25) is 11.8 Å². The topological polar surface area (TPSA) is 63.4 Å². The van der Waals surface area contributed by atoms with Crippen LogP contribution >= 0.6 is 0 Å². The molecule has 1 N–H and O–H groups in total. The molecule has 5 heteroatoms. The van der Waals surface area contributed by atoms with Crippen molar-refractivity contribution in [1.29, 1.82) is 0 Å². The van der Waals surface area contributed by atoms with E-state index >= 15 is 0 Å². The maximum atomic E-state index is 10.1. The minimum absolute atomic E-state index is 0.169. The van der Waals surface area contributed by atoms with Crippen molar-refractivity contribution in [1.82, 2.24) is 0 Å². The molecule has 2 unspecified atom stereocenters. The van der Waals surface area contributed by atoms with E-state index in [2.05, 4.69) is 27.0 Å². The maximum Gasteiger partial charge on any atom is 0.212 e. The zero-order valence-corrected chi connectivity index (χ0v) is 16.1. The van der Waals surface area contributed by atoms with Gasteiger partial charge in [-0.1, -0.05) is 39.8 Å². The van der Waals surface area contributed by atoms with Gasteiger partial charge in [-0.15, -0.1) is 13.2 Å². The van der Waals surface area contributed by atoms with E-state index in [-0.39, 0.29) is 12.0 Å². The van der Waals surface area contributed by atoms with Crippen LogP contribution in [0.15, 0.2) is 35.3 Å². The average molecular weight is 338 g/mol. The third-order valence-electron chi connectivity index (χ3n) is 3.85. The number of allylic oxidation sites excluding steroid dienone is 1. The Morgan fingerprint density at radius 3 is 2.29 bits per heavy atom. The molecule has 0 saturated heterocycles. The Morgan fingerprint density at radius 2 is 1.88 bits per heavy atom. The summed E-state index contributed by atoms with van der Waals surface area (Å²) in [6, 6.07) is -0.169. The highest BCUT2D eigenvalue weighted by Crippen LogP contribution is 2.33. The molecule has 0 aromatic carbocycles. The Morgan fingerprint density at radius 1 is 1.25 bits per heavy atom. The molecule has 0 spiro atoms. The monoisotopic (exact) mass is 338 g/mol. The minimum atomic E-state index is -0.743. The lowest BCUT2D eigenvalue weighted by molar-refractivity contribution is 0.176. The molecular weight excluding hydrogens is 304 g/mol. The van der Waals surface area contributed by atoms with E-state index in [1.54, 1.807) is 14.2 Å². The molecular formula is C19H34N2O3. The normalized spacial score (nSPS) is 24.1. The van der Waals surface area contributed by atoms with Gasteiger partial charge in [-0.05, 0) is 18.8 Å². The lowest BCUT2D eigenvalue weighted by Crippen LogP contribution is -2.48. The van der Waals surface area contributed by atoms with Gasteiger partial charge < -0.3 is 14.6 Å². The molecule has 1 aliphatic heterocycles. The number of methoxy groups -OCH3 is 2. The van der Waals surface area contributed by atoms with Crippen molar-refractivity contribution in [2.75, 3.05) is 14.2 Å². The number of rotatable bonds is 7. The first-order valence-electron chi connectivity index (χ1n) is 8.61. The van der Waals surface area contributed by atoms with Gasteiger partial charge in [0, 0.05) is 6.42 Å². The number of aliphatic hydroxyl groups is 1. The van der Waals surface area contributed by atoms with Crippen molar-refractivity contribution in [3.8, 4) is 0 Å². The van der Waals surface area contributed by atoms with Crippen molar-refractivity contribution in [2.45, 2.75) is 64.6 Å². The van der Waals surface area contributed by atoms with Crippen molar-refractivity contribution in [3.05, 3.63) is 25.3 Å². The first kappa shape index (κ1) is 22.4. The number of nitrogens with zero attached hydrogens (tertiary/aromatic N) is 2. The largest absolute Gasteiger partial charge is 0.483 e. The lowest BCUT2D eigenvalue weighted by atomic mass is 9.85. The Kier molecular flexibility index (Phi) is 10.3. The molecule has 1 heterocycles. The van der Waals surface area contributed by atoms with Crippen molar-refractivity contribution >= 4 is 11.8 Å². The summed E-state index contributed by atoms with van der Waals surface area (Å²) in [7, 11) is 3.19. The fourth-order valence-electron chi connectivity index (χ4n) is 2.64. The van der Waals surface area contributed by atoms with Crippen LogP contribution in [0.25, 0.3) is 0 Å². The van der Waals surface area contributed by atoms with Crippen LogP contribution in [0.5, 0.6) is 0 Å². The summed E-state index contributed by atoms with van der Waals surface area (Å²) < 4.78 is 11.0. The molecule has 0 aromatic rings. The lowest BCUT2D eigenvalue weighted by Gasteiger charge is -2.37. The van der Waals surface area contributed by atoms with Gasteiger partial charge in [-0.25, -0.2) is 9.98 Å². The van der Waals surface area contributed by atoms with Crippen LogP contribution in [0.3, 0.4) is 0 Å². The third kappa shape index (κ3) is 5.48. The zero-order chi connectivity index (χ0) is 18.8. The van der Waals surface area contributed by atoms with Crippen molar-refractivity contribution in [2.24, 2.45) is 15.9 Å². The zero-order valence-electron chi connectivity index (χ0n) is 16.1. The summed E-state index contributed by atoms with van der Waals surface area (Å²) in [6.45, 7) is 15.5. The second-order valence-electron chi connectivity index (χ2n) is 5.85. The van der Waals surface area contributed by atoms with Crippen LogP contribution in [0.2, 0.25) is 0 Å². The number of aliphatic hydroxyl groups excluding tert-OH is 1. The standard InChI is InChI=1S/C17H28N2O3.C2H6/c1-7-9-10-17(11-13(20)8-2)16(22-6)18-14(12(3)4)15(19-17)21-5;1-2/h7-8,12-14,20H,1-2,9-11H2,3-6H3;1-2H3/t13?,14?,17-;/m0./s1. The van der Waals surface area contributed by atoms with Crippen LogP contribution in [-0.2, 0) is 9.47 Å². The highest BCUT2D eigenvalue weighted by Gasteiger charge is 2.43. The van der Waals surface area contributed by atoms with Gasteiger partial charge in [-0.2, -0.15) is 0 Å². The van der Waals surface area contributed by atoms with Gasteiger partial charge in [0.25, 0.3) is 0 Å². The van der Waals surface area contributed by atoms with Gasteiger partial charge >= 0.3 is 0 Å². The molecule has 138 valence electrons. The highest BCUT2D eigenvalue weighted by atomic mass is 16.5. The number of hydrogen-bond acceptors (Lipinski definition) is 5. The van der Waals surface area contributed by atoms with Crippen molar-refractivity contribution < 1.29 is 14.6 Å². The van der Waals surface area contributed by atoms with Crippen molar-refractivity contribution in [3.63, 3.8) is 0 Å². The molecule has 1 rings (SSSR count). The second kappa shape index (κ2) is 11.0. The van der Waals surface area contributed by atoms with E-state index in [0.717, 1.165) is 6.42 Å². The van der Waals surface area contributed by atoms with Gasteiger partial charge in [0.05, 0.1) is 20.3 Å². The minimum Gasteiger partial charge on any atom is -0.483 e. The molecule has 3 atom stereocenters. The van der Waals surface area contributed by atoms with Gasteiger partial charge in [0.1, 0.15) is 11.6 Å². The molecule has 1 aliphatic rings. The third-order valence-corrected chi connectivity index (χ3v) is 3.85. The maximum absolute atomic E-state index is 10.1. The van der Waals surface area contributed by atoms with Gasteiger partial charge in [-0.3, -0.25) is 0 Å². The molecule has 0 aliphatic carbocycles. The fourth-order valence-corrected chi connectivity index (χ4v) is 2.64. The van der Waals surface area contributed by atoms with E-state index < -0.39 is 11.6 Å². The van der Waals surface area contributed by atoms with Crippen LogP contribution in [-0.4, -0.2) is 48.8 Å². The Bertz CT molecular complexity index is 458. The van der Waals surface area contributed by atoms with E-state index in [9.17, 15) is 5.11 Å². The Balaban J connectivity index is 0.00000254. The van der Waals surface area contributed by atoms with E-state index in [0.29, 0.717) is 24.6 Å². The first-order valence-corrected chi connectivity index (χ1v) is 8.61. The van der Waals surface area contributed by atoms with Gasteiger partial charge in [0.15, 0.2) is 0 Å². The van der Waals surface area contributed by atoms with E-state index in [1.807, 2.05) is 19.9 Å².